The molecule has 0 atom stereocenters. The molecule has 0 spiro atoms. The zero-order valence-electron chi connectivity index (χ0n) is 45.0. The van der Waals surface area contributed by atoms with Gasteiger partial charge in [-0.3, -0.25) is 9.13 Å². The van der Waals surface area contributed by atoms with Gasteiger partial charge in [0, 0.05) is 48.8 Å². The van der Waals surface area contributed by atoms with E-state index in [4.69, 9.17) is 20.4 Å². The molecule has 0 saturated heterocycles. The van der Waals surface area contributed by atoms with Gasteiger partial charge in [-0.1, -0.05) is 170 Å². The van der Waals surface area contributed by atoms with Crippen molar-refractivity contribution in [2.45, 2.75) is 0 Å². The van der Waals surface area contributed by atoms with E-state index in [1.807, 2.05) is 91.0 Å². The van der Waals surface area contributed by atoms with Crippen molar-refractivity contribution < 1.29 is 11.0 Å². The Morgan fingerprint density at radius 1 is 0.300 bits per heavy atom. The van der Waals surface area contributed by atoms with Gasteiger partial charge in [0.2, 0.25) is 11.9 Å². The van der Waals surface area contributed by atoms with Crippen LogP contribution < -0.4 is 0 Å². The Balaban J connectivity index is 1.09. The third-order valence-corrected chi connectivity index (χ3v) is 13.7. The number of benzene rings is 10. The first-order valence-corrected chi connectivity index (χ1v) is 23.1. The predicted molar refractivity (Wildman–Crippen MR) is 288 cm³/mol. The van der Waals surface area contributed by atoms with E-state index in [0.717, 1.165) is 66.1 Å². The summed E-state index contributed by atoms with van der Waals surface area (Å²) in [6, 6.07) is 59.9. The first-order valence-electron chi connectivity index (χ1n) is 27.1. The van der Waals surface area contributed by atoms with Gasteiger partial charge in [0.25, 0.3) is 0 Å². The van der Waals surface area contributed by atoms with E-state index in [-0.39, 0.29) is 65.0 Å². The number of aromatic nitrogens is 7. The fraction of sp³-hybridized carbons (Fsp3) is 0. The quantitative estimate of drug-likeness (QED) is 0.167. The summed E-state index contributed by atoms with van der Waals surface area (Å²) in [7, 11) is 0. The molecule has 0 fully saturated rings. The maximum Gasteiger partial charge on any atom is 0.240 e. The Morgan fingerprint density at radius 2 is 0.686 bits per heavy atom. The van der Waals surface area contributed by atoms with Gasteiger partial charge in [-0.2, -0.15) is 15.0 Å². The first-order chi connectivity index (χ1) is 38.1. The Morgan fingerprint density at radius 3 is 1.14 bits per heavy atom. The third-order valence-electron chi connectivity index (χ3n) is 13.7. The number of rotatable bonds is 6. The molecule has 0 aliphatic heterocycles. The maximum absolute atomic E-state index is 9.48. The first kappa shape index (κ1) is 31.4. The van der Waals surface area contributed by atoms with Crippen LogP contribution in [0.15, 0.2) is 236 Å². The Kier molecular flexibility index (Phi) is 6.71. The van der Waals surface area contributed by atoms with Crippen molar-refractivity contribution in [3.05, 3.63) is 236 Å². The SMILES string of the molecule is [2H]c1c([2H])c([2H])c2c(c1[2H])c1ccccc1n2-c1nc(-c2c(-c3ccc(-n4c5ccccc5c5ccccc54)cc3)cccc2-n2c3ccccc3c3ccccc32)nc(-n2c3ccccc3c3c([2H])c([2H])c([2H])c([2H])c32)n1. The number of fused-ring (bicyclic) bond motifs is 12. The zero-order chi connectivity index (χ0) is 52.8. The van der Waals surface area contributed by atoms with E-state index in [0.29, 0.717) is 38.1 Å². The number of hydrogen-bond acceptors (Lipinski definition) is 3. The van der Waals surface area contributed by atoms with Crippen molar-refractivity contribution >= 4 is 87.2 Å². The van der Waals surface area contributed by atoms with Crippen LogP contribution >= 0.6 is 0 Å². The van der Waals surface area contributed by atoms with Crippen LogP contribution in [0.2, 0.25) is 0 Å². The minimum absolute atomic E-state index is 0.0164. The van der Waals surface area contributed by atoms with E-state index < -0.39 is 12.1 Å². The van der Waals surface area contributed by atoms with Gasteiger partial charge in [0.05, 0.1) is 66.4 Å². The summed E-state index contributed by atoms with van der Waals surface area (Å²) < 4.78 is 80.7. The van der Waals surface area contributed by atoms with Crippen LogP contribution in [-0.4, -0.2) is 33.2 Å². The second kappa shape index (κ2) is 15.0. The van der Waals surface area contributed by atoms with Crippen molar-refractivity contribution in [2.24, 2.45) is 0 Å². The van der Waals surface area contributed by atoms with Gasteiger partial charge >= 0.3 is 0 Å². The van der Waals surface area contributed by atoms with Crippen LogP contribution in [0.4, 0.5) is 0 Å². The molecule has 15 aromatic rings. The van der Waals surface area contributed by atoms with Crippen LogP contribution in [0.25, 0.3) is 133 Å². The smallest absolute Gasteiger partial charge is 0.240 e. The van der Waals surface area contributed by atoms with E-state index in [9.17, 15) is 5.48 Å². The highest BCUT2D eigenvalue weighted by molar-refractivity contribution is 6.12. The van der Waals surface area contributed by atoms with Crippen molar-refractivity contribution in [2.75, 3.05) is 0 Å². The highest BCUT2D eigenvalue weighted by Gasteiger charge is 2.25. The average molecular weight is 902 g/mol. The number of hydrogen-bond donors (Lipinski definition) is 0. The average Bonchev–Trinajstić information content (AvgIpc) is 4.40. The summed E-state index contributed by atoms with van der Waals surface area (Å²) in [5.74, 6) is 0.220. The minimum atomic E-state index is -0.423. The summed E-state index contributed by atoms with van der Waals surface area (Å²) in [5.41, 5.74) is 9.28. The van der Waals surface area contributed by atoms with E-state index >= 15 is 0 Å². The molecule has 5 aromatic heterocycles. The topological polar surface area (TPSA) is 58.4 Å². The molecular formula is C63H39N7. The summed E-state index contributed by atoms with van der Waals surface area (Å²) in [5, 5.41) is 6.08. The third kappa shape index (κ3) is 5.54. The predicted octanol–water partition coefficient (Wildman–Crippen LogP) is 15.6. The summed E-state index contributed by atoms with van der Waals surface area (Å²) in [4.78, 5) is 16.2. The molecule has 0 saturated carbocycles. The van der Waals surface area contributed by atoms with Crippen LogP contribution in [-0.2, 0) is 0 Å². The Bertz CT molecular complexity index is 4830. The molecule has 0 aliphatic rings. The molecule has 5 heterocycles. The maximum atomic E-state index is 9.48. The van der Waals surface area contributed by atoms with Gasteiger partial charge in [-0.15, -0.1) is 0 Å². The van der Waals surface area contributed by atoms with Gasteiger partial charge in [0.1, 0.15) is 0 Å². The molecule has 0 bridgehead atoms. The summed E-state index contributed by atoms with van der Waals surface area (Å²) in [6.45, 7) is 0. The van der Waals surface area contributed by atoms with Gasteiger partial charge in [-0.25, -0.2) is 0 Å². The lowest BCUT2D eigenvalue weighted by Crippen LogP contribution is -2.11. The fourth-order valence-electron chi connectivity index (χ4n) is 10.8. The summed E-state index contributed by atoms with van der Waals surface area (Å²) >= 11 is 0. The molecule has 326 valence electrons. The number of nitrogens with zero attached hydrogens (tertiary/aromatic N) is 7. The Hall–Kier alpha value is -9.59. The Labute approximate surface area is 412 Å². The second-order valence-electron chi connectivity index (χ2n) is 17.4. The van der Waals surface area contributed by atoms with Crippen LogP contribution in [0.5, 0.6) is 0 Å². The van der Waals surface area contributed by atoms with E-state index in [1.165, 1.54) is 0 Å². The normalized spacial score (nSPS) is 13.6. The lowest BCUT2D eigenvalue weighted by atomic mass is 9.96. The van der Waals surface area contributed by atoms with Crippen LogP contribution in [0, 0.1) is 0 Å². The van der Waals surface area contributed by atoms with Crippen molar-refractivity contribution in [3.8, 4) is 45.8 Å². The molecule has 0 amide bonds. The molecule has 7 heteroatoms. The number of para-hydroxylation sites is 8. The van der Waals surface area contributed by atoms with Crippen molar-refractivity contribution in [3.63, 3.8) is 0 Å². The molecule has 0 aliphatic carbocycles. The minimum Gasteiger partial charge on any atom is -0.309 e. The van der Waals surface area contributed by atoms with Crippen LogP contribution in [0.3, 0.4) is 0 Å². The zero-order valence-corrected chi connectivity index (χ0v) is 37.0. The monoisotopic (exact) mass is 901 g/mol. The molecule has 15 rings (SSSR count). The molecule has 0 unspecified atom stereocenters. The van der Waals surface area contributed by atoms with Crippen molar-refractivity contribution in [1.82, 2.24) is 33.2 Å². The van der Waals surface area contributed by atoms with Gasteiger partial charge in [-0.05, 0) is 77.8 Å². The highest BCUT2D eigenvalue weighted by atomic mass is 15.3. The second-order valence-corrected chi connectivity index (χ2v) is 17.4. The van der Waals surface area contributed by atoms with E-state index in [1.54, 1.807) is 9.13 Å². The largest absolute Gasteiger partial charge is 0.309 e. The molecule has 7 nitrogen and oxygen atoms in total. The lowest BCUT2D eigenvalue weighted by molar-refractivity contribution is 0.892. The molecule has 70 heavy (non-hydrogen) atoms. The lowest BCUT2D eigenvalue weighted by Gasteiger charge is -2.19. The summed E-state index contributed by atoms with van der Waals surface area (Å²) in [6.07, 6.45) is 0. The fourth-order valence-corrected chi connectivity index (χ4v) is 10.8. The van der Waals surface area contributed by atoms with Gasteiger partial charge < -0.3 is 9.13 Å². The molecular weight excluding hydrogens is 855 g/mol. The van der Waals surface area contributed by atoms with Gasteiger partial charge in [0.15, 0.2) is 5.82 Å². The molecule has 0 radical (unpaired) electrons. The molecule has 0 N–H and O–H groups in total. The molecule has 10 aromatic carbocycles. The standard InChI is InChI=1S/C63H39N7/c1-9-27-51-43(18-1)44-19-2-10-28-52(44)67(51)41-38-36-40(37-39-41)42-26-17-35-59(68-53-29-11-3-20-45(53)46-21-4-12-30-54(46)68)60(42)61-64-62(69-55-31-13-5-22-47(55)48-23-6-14-32-56(48)69)66-63(65-61)70-57-33-15-7-24-49(57)50-25-8-16-34-58(50)70/h1-39H/i5D,7D,13D,15D,22D,24D,31D,33D. The van der Waals surface area contributed by atoms with E-state index in [2.05, 4.69) is 106 Å². The van der Waals surface area contributed by atoms with Crippen LogP contribution in [0.1, 0.15) is 11.0 Å². The highest BCUT2D eigenvalue weighted by Crippen LogP contribution is 2.42. The van der Waals surface area contributed by atoms with Crippen molar-refractivity contribution in [1.29, 1.82) is 0 Å².